The van der Waals surface area contributed by atoms with Crippen LogP contribution in [0.3, 0.4) is 0 Å². The Kier molecular flexibility index (Phi) is 6.01. The van der Waals surface area contributed by atoms with Crippen molar-refractivity contribution in [2.45, 2.75) is 32.9 Å². The van der Waals surface area contributed by atoms with E-state index < -0.39 is 0 Å². The van der Waals surface area contributed by atoms with Gasteiger partial charge in [0, 0.05) is 25.4 Å². The lowest BCUT2D eigenvalue weighted by atomic mass is 10.1. The fraction of sp³-hybridized carbons (Fsp3) is 0.571. The highest BCUT2D eigenvalue weighted by Gasteiger charge is 2.14. The summed E-state index contributed by atoms with van der Waals surface area (Å²) in [5.74, 6) is 0. The maximum Gasteiger partial charge on any atom is 0.0615 e. The van der Waals surface area contributed by atoms with Gasteiger partial charge in [-0.15, -0.1) is 0 Å². The summed E-state index contributed by atoms with van der Waals surface area (Å²) in [5, 5.41) is 0. The minimum atomic E-state index is 0.416. The molecule has 0 saturated carbocycles. The topological polar surface area (TPSA) is 38.5 Å². The Morgan fingerprint density at radius 3 is 2.65 bits per heavy atom. The molecule has 0 aliphatic rings. The minimum absolute atomic E-state index is 0.416. The molecule has 0 aromatic heterocycles. The van der Waals surface area contributed by atoms with Gasteiger partial charge in [-0.1, -0.05) is 25.1 Å². The SMILES string of the molecule is CCCN(Cc1ccccc1N)C(C)COC. The van der Waals surface area contributed by atoms with E-state index >= 15 is 0 Å². The molecule has 1 aromatic rings. The first-order valence-corrected chi connectivity index (χ1v) is 6.25. The van der Waals surface area contributed by atoms with Gasteiger partial charge in [0.1, 0.15) is 0 Å². The molecule has 0 spiro atoms. The van der Waals surface area contributed by atoms with Gasteiger partial charge in [0.25, 0.3) is 0 Å². The van der Waals surface area contributed by atoms with Gasteiger partial charge in [0.05, 0.1) is 6.61 Å². The summed E-state index contributed by atoms with van der Waals surface area (Å²) < 4.78 is 5.23. The average Bonchev–Trinajstić information content (AvgIpc) is 2.31. The first-order chi connectivity index (χ1) is 8.19. The van der Waals surface area contributed by atoms with Gasteiger partial charge in [0.2, 0.25) is 0 Å². The summed E-state index contributed by atoms with van der Waals surface area (Å²) in [6.45, 7) is 7.11. The molecule has 1 aromatic carbocycles. The molecule has 17 heavy (non-hydrogen) atoms. The van der Waals surface area contributed by atoms with E-state index in [1.54, 1.807) is 7.11 Å². The van der Waals surface area contributed by atoms with Crippen molar-refractivity contribution in [1.82, 2.24) is 4.90 Å². The smallest absolute Gasteiger partial charge is 0.0615 e. The van der Waals surface area contributed by atoms with Gasteiger partial charge in [-0.25, -0.2) is 0 Å². The number of benzene rings is 1. The molecule has 0 amide bonds. The van der Waals surface area contributed by atoms with Crippen LogP contribution >= 0.6 is 0 Å². The number of nitrogen functional groups attached to an aromatic ring is 1. The molecule has 1 atom stereocenters. The molecule has 0 radical (unpaired) electrons. The first-order valence-electron chi connectivity index (χ1n) is 6.25. The monoisotopic (exact) mass is 236 g/mol. The highest BCUT2D eigenvalue weighted by Crippen LogP contribution is 2.15. The summed E-state index contributed by atoms with van der Waals surface area (Å²) in [7, 11) is 1.75. The number of nitrogens with two attached hydrogens (primary N) is 1. The van der Waals surface area contributed by atoms with E-state index in [2.05, 4.69) is 24.8 Å². The highest BCUT2D eigenvalue weighted by molar-refractivity contribution is 5.46. The van der Waals surface area contributed by atoms with Crippen LogP contribution in [-0.2, 0) is 11.3 Å². The highest BCUT2D eigenvalue weighted by atomic mass is 16.5. The van der Waals surface area contributed by atoms with Crippen LogP contribution in [0.15, 0.2) is 24.3 Å². The summed E-state index contributed by atoms with van der Waals surface area (Å²) in [5.41, 5.74) is 8.05. The number of nitrogens with zero attached hydrogens (tertiary/aromatic N) is 1. The van der Waals surface area contributed by atoms with E-state index in [0.717, 1.165) is 31.8 Å². The molecular formula is C14H24N2O. The molecule has 3 nitrogen and oxygen atoms in total. The van der Waals surface area contributed by atoms with Crippen molar-refractivity contribution in [3.05, 3.63) is 29.8 Å². The van der Waals surface area contributed by atoms with Crippen molar-refractivity contribution in [2.24, 2.45) is 0 Å². The second-order valence-electron chi connectivity index (χ2n) is 4.47. The van der Waals surface area contributed by atoms with Crippen LogP contribution in [-0.4, -0.2) is 31.2 Å². The van der Waals surface area contributed by atoms with Crippen LogP contribution in [0.2, 0.25) is 0 Å². The first kappa shape index (κ1) is 14.0. The predicted octanol–water partition coefficient (Wildman–Crippen LogP) is 2.52. The number of hydrogen-bond donors (Lipinski definition) is 1. The van der Waals surface area contributed by atoms with Gasteiger partial charge in [-0.05, 0) is 31.5 Å². The quantitative estimate of drug-likeness (QED) is 0.739. The molecule has 0 bridgehead atoms. The average molecular weight is 236 g/mol. The zero-order chi connectivity index (χ0) is 12.7. The normalized spacial score (nSPS) is 12.9. The van der Waals surface area contributed by atoms with E-state index in [1.165, 1.54) is 5.56 Å². The second-order valence-corrected chi connectivity index (χ2v) is 4.47. The van der Waals surface area contributed by atoms with Gasteiger partial charge in [-0.2, -0.15) is 0 Å². The molecule has 2 N–H and O–H groups in total. The zero-order valence-electron chi connectivity index (χ0n) is 11.1. The summed E-state index contributed by atoms with van der Waals surface area (Å²) in [6, 6.07) is 8.48. The number of rotatable bonds is 7. The molecule has 96 valence electrons. The number of para-hydroxylation sites is 1. The molecule has 0 aliphatic carbocycles. The standard InChI is InChI=1S/C14H24N2O/c1-4-9-16(12(2)11-17-3)10-13-7-5-6-8-14(13)15/h5-8,12H,4,9-11,15H2,1-3H3. The van der Waals surface area contributed by atoms with Crippen LogP contribution in [0.4, 0.5) is 5.69 Å². The molecule has 0 aliphatic heterocycles. The molecule has 3 heteroatoms. The number of hydrogen-bond acceptors (Lipinski definition) is 3. The Morgan fingerprint density at radius 1 is 1.35 bits per heavy atom. The Labute approximate surface area is 105 Å². The van der Waals surface area contributed by atoms with Gasteiger partial charge in [0.15, 0.2) is 0 Å². The van der Waals surface area contributed by atoms with E-state index in [0.29, 0.717) is 6.04 Å². The van der Waals surface area contributed by atoms with Crippen LogP contribution in [0.1, 0.15) is 25.8 Å². The van der Waals surface area contributed by atoms with Crippen molar-refractivity contribution in [2.75, 3.05) is 26.0 Å². The Morgan fingerprint density at radius 2 is 2.06 bits per heavy atom. The maximum absolute atomic E-state index is 5.98. The summed E-state index contributed by atoms with van der Waals surface area (Å²) in [6.07, 6.45) is 1.14. The number of ether oxygens (including phenoxy) is 1. The third kappa shape index (κ3) is 4.36. The second kappa shape index (κ2) is 7.30. The molecule has 0 fully saturated rings. The molecule has 0 saturated heterocycles. The summed E-state index contributed by atoms with van der Waals surface area (Å²) in [4.78, 5) is 2.41. The van der Waals surface area contributed by atoms with Crippen LogP contribution in [0.5, 0.6) is 0 Å². The lowest BCUT2D eigenvalue weighted by Crippen LogP contribution is -2.36. The molecule has 1 rings (SSSR count). The van der Waals surface area contributed by atoms with Crippen molar-refractivity contribution >= 4 is 5.69 Å². The van der Waals surface area contributed by atoms with E-state index in [-0.39, 0.29) is 0 Å². The van der Waals surface area contributed by atoms with E-state index in [1.807, 2.05) is 18.2 Å². The Bertz CT molecular complexity index is 328. The van der Waals surface area contributed by atoms with Gasteiger partial charge in [-0.3, -0.25) is 4.90 Å². The van der Waals surface area contributed by atoms with Crippen LogP contribution in [0.25, 0.3) is 0 Å². The molecule has 1 unspecified atom stereocenters. The zero-order valence-corrected chi connectivity index (χ0v) is 11.1. The lowest BCUT2D eigenvalue weighted by Gasteiger charge is -2.28. The third-order valence-corrected chi connectivity index (χ3v) is 2.97. The Balaban J connectivity index is 2.69. The van der Waals surface area contributed by atoms with Crippen molar-refractivity contribution < 1.29 is 4.74 Å². The van der Waals surface area contributed by atoms with E-state index in [4.69, 9.17) is 10.5 Å². The van der Waals surface area contributed by atoms with Gasteiger partial charge < -0.3 is 10.5 Å². The van der Waals surface area contributed by atoms with Crippen molar-refractivity contribution in [3.63, 3.8) is 0 Å². The van der Waals surface area contributed by atoms with Crippen molar-refractivity contribution in [1.29, 1.82) is 0 Å². The lowest BCUT2D eigenvalue weighted by molar-refractivity contribution is 0.0946. The summed E-state index contributed by atoms with van der Waals surface area (Å²) >= 11 is 0. The Hall–Kier alpha value is -1.06. The number of anilines is 1. The third-order valence-electron chi connectivity index (χ3n) is 2.97. The largest absolute Gasteiger partial charge is 0.398 e. The minimum Gasteiger partial charge on any atom is -0.398 e. The molecule has 0 heterocycles. The predicted molar refractivity (Wildman–Crippen MR) is 72.9 cm³/mol. The fourth-order valence-corrected chi connectivity index (χ4v) is 1.99. The van der Waals surface area contributed by atoms with E-state index in [9.17, 15) is 0 Å². The van der Waals surface area contributed by atoms with Gasteiger partial charge >= 0.3 is 0 Å². The van der Waals surface area contributed by atoms with Crippen LogP contribution < -0.4 is 5.73 Å². The maximum atomic E-state index is 5.98. The molecular weight excluding hydrogens is 212 g/mol. The van der Waals surface area contributed by atoms with Crippen LogP contribution in [0, 0.1) is 0 Å². The van der Waals surface area contributed by atoms with Crippen molar-refractivity contribution in [3.8, 4) is 0 Å². The fourth-order valence-electron chi connectivity index (χ4n) is 1.99. The number of methoxy groups -OCH3 is 1.